The highest BCUT2D eigenvalue weighted by Gasteiger charge is 2.23. The van der Waals surface area contributed by atoms with Gasteiger partial charge in [-0.1, -0.05) is 30.3 Å². The Kier molecular flexibility index (Phi) is 6.22. The van der Waals surface area contributed by atoms with Crippen LogP contribution in [0.25, 0.3) is 0 Å². The molecule has 1 unspecified atom stereocenters. The number of pyridine rings is 1. The van der Waals surface area contributed by atoms with Crippen molar-refractivity contribution in [3.05, 3.63) is 71.7 Å². The Morgan fingerprint density at radius 1 is 1.17 bits per heavy atom. The molecule has 2 aromatic heterocycles. The van der Waals surface area contributed by atoms with E-state index < -0.39 is 0 Å². The number of nitrogens with one attached hydrogen (secondary N) is 1. The Hall–Kier alpha value is -2.70. The molecule has 1 N–H and O–H groups in total. The van der Waals surface area contributed by atoms with Crippen LogP contribution in [0.2, 0.25) is 0 Å². The number of aryl methyl sites for hydroxylation is 2. The van der Waals surface area contributed by atoms with Crippen LogP contribution in [-0.4, -0.2) is 39.3 Å². The van der Waals surface area contributed by atoms with E-state index in [1.54, 1.807) is 17.1 Å². The third-order valence-electron chi connectivity index (χ3n) is 5.49. The van der Waals surface area contributed by atoms with Gasteiger partial charge in [0, 0.05) is 32.9 Å². The first-order chi connectivity index (χ1) is 14.2. The lowest BCUT2D eigenvalue weighted by atomic mass is 10.1. The number of nitrogens with zero attached hydrogens (tertiary/aromatic N) is 4. The zero-order valence-corrected chi connectivity index (χ0v) is 17.2. The summed E-state index contributed by atoms with van der Waals surface area (Å²) in [4.78, 5) is 6.67. The maximum Gasteiger partial charge on any atom is 0.222 e. The van der Waals surface area contributed by atoms with Gasteiger partial charge in [0.25, 0.3) is 0 Å². The summed E-state index contributed by atoms with van der Waals surface area (Å²) >= 11 is 0. The van der Waals surface area contributed by atoms with Crippen LogP contribution in [0, 0.1) is 12.8 Å². The number of rotatable bonds is 8. The second kappa shape index (κ2) is 9.20. The highest BCUT2D eigenvalue weighted by molar-refractivity contribution is 5.34. The predicted molar refractivity (Wildman–Crippen MR) is 114 cm³/mol. The molecule has 0 aliphatic carbocycles. The molecule has 3 aromatic rings. The van der Waals surface area contributed by atoms with Crippen molar-refractivity contribution in [3.63, 3.8) is 0 Å². The van der Waals surface area contributed by atoms with Crippen molar-refractivity contribution in [3.8, 4) is 11.6 Å². The van der Waals surface area contributed by atoms with Gasteiger partial charge in [-0.3, -0.25) is 9.88 Å². The van der Waals surface area contributed by atoms with Gasteiger partial charge >= 0.3 is 0 Å². The lowest BCUT2D eigenvalue weighted by Crippen LogP contribution is -2.26. The molecule has 1 saturated heterocycles. The van der Waals surface area contributed by atoms with E-state index in [0.29, 0.717) is 5.92 Å². The van der Waals surface area contributed by atoms with E-state index in [1.165, 1.54) is 18.5 Å². The van der Waals surface area contributed by atoms with Crippen molar-refractivity contribution in [2.24, 2.45) is 13.0 Å². The van der Waals surface area contributed by atoms with Crippen molar-refractivity contribution in [1.29, 1.82) is 0 Å². The first-order valence-electron chi connectivity index (χ1n) is 10.3. The van der Waals surface area contributed by atoms with E-state index in [1.807, 2.05) is 26.1 Å². The fourth-order valence-corrected chi connectivity index (χ4v) is 4.00. The summed E-state index contributed by atoms with van der Waals surface area (Å²) in [7, 11) is 1.92. The molecule has 0 amide bonds. The van der Waals surface area contributed by atoms with E-state index in [-0.39, 0.29) is 0 Å². The molecule has 1 aromatic carbocycles. The number of aromatic nitrogens is 3. The minimum atomic E-state index is 0.679. The van der Waals surface area contributed by atoms with Crippen molar-refractivity contribution in [2.45, 2.75) is 26.4 Å². The Balaban J connectivity index is 1.30. The first kappa shape index (κ1) is 19.6. The molecule has 0 saturated carbocycles. The summed E-state index contributed by atoms with van der Waals surface area (Å²) in [6, 6.07) is 14.5. The van der Waals surface area contributed by atoms with Crippen LogP contribution in [0.1, 0.15) is 23.2 Å². The van der Waals surface area contributed by atoms with Gasteiger partial charge in [-0.2, -0.15) is 5.10 Å². The molecular formula is C23H29N5O. The van der Waals surface area contributed by atoms with Crippen LogP contribution in [0.3, 0.4) is 0 Å². The van der Waals surface area contributed by atoms with Gasteiger partial charge in [-0.05, 0) is 50.0 Å². The van der Waals surface area contributed by atoms with Gasteiger partial charge in [-0.15, -0.1) is 0 Å². The smallest absolute Gasteiger partial charge is 0.222 e. The average Bonchev–Trinajstić information content (AvgIpc) is 3.28. The standard InChI is InChI=1S/C23H29N5O/c1-18-22(23(27(2)26-18)29-21-9-6-11-24-14-21)15-25-13-20-10-12-28(17-20)16-19-7-4-3-5-8-19/h3-9,11,14,20,25H,10,12-13,15-17H2,1-2H3. The summed E-state index contributed by atoms with van der Waals surface area (Å²) in [5, 5.41) is 8.17. The Morgan fingerprint density at radius 2 is 2.03 bits per heavy atom. The van der Waals surface area contributed by atoms with Crippen LogP contribution in [0.15, 0.2) is 54.9 Å². The van der Waals surface area contributed by atoms with Crippen molar-refractivity contribution >= 4 is 0 Å². The van der Waals surface area contributed by atoms with E-state index >= 15 is 0 Å². The van der Waals surface area contributed by atoms with Crippen molar-refractivity contribution in [1.82, 2.24) is 25.0 Å². The van der Waals surface area contributed by atoms with Gasteiger partial charge < -0.3 is 10.1 Å². The fraction of sp³-hybridized carbons (Fsp3) is 0.391. The number of benzene rings is 1. The fourth-order valence-electron chi connectivity index (χ4n) is 4.00. The normalized spacial score (nSPS) is 17.0. The Morgan fingerprint density at radius 3 is 2.83 bits per heavy atom. The molecule has 1 fully saturated rings. The third-order valence-corrected chi connectivity index (χ3v) is 5.49. The quantitative estimate of drug-likeness (QED) is 0.637. The highest BCUT2D eigenvalue weighted by Crippen LogP contribution is 2.27. The third kappa shape index (κ3) is 5.02. The van der Waals surface area contributed by atoms with Crippen LogP contribution in [0.5, 0.6) is 11.6 Å². The lowest BCUT2D eigenvalue weighted by Gasteiger charge is -2.16. The molecule has 0 bridgehead atoms. The monoisotopic (exact) mass is 391 g/mol. The summed E-state index contributed by atoms with van der Waals surface area (Å²) in [6.07, 6.45) is 4.71. The minimum absolute atomic E-state index is 0.679. The highest BCUT2D eigenvalue weighted by atomic mass is 16.5. The molecule has 1 aliphatic heterocycles. The molecule has 29 heavy (non-hydrogen) atoms. The average molecular weight is 392 g/mol. The molecule has 1 atom stereocenters. The van der Waals surface area contributed by atoms with Crippen molar-refractivity contribution in [2.75, 3.05) is 19.6 Å². The summed E-state index contributed by atoms with van der Waals surface area (Å²) in [5.74, 6) is 2.18. The summed E-state index contributed by atoms with van der Waals surface area (Å²) in [6.45, 7) is 7.15. The van der Waals surface area contributed by atoms with E-state index in [2.05, 4.69) is 50.6 Å². The van der Waals surface area contributed by atoms with Gasteiger partial charge in [0.2, 0.25) is 5.88 Å². The Bertz CT molecular complexity index is 910. The van der Waals surface area contributed by atoms with Crippen LogP contribution >= 0.6 is 0 Å². The largest absolute Gasteiger partial charge is 0.437 e. The maximum absolute atomic E-state index is 6.06. The number of hydrogen-bond acceptors (Lipinski definition) is 5. The maximum atomic E-state index is 6.06. The second-order valence-corrected chi connectivity index (χ2v) is 7.79. The molecule has 3 heterocycles. The van der Waals surface area contributed by atoms with Gasteiger partial charge in [0.1, 0.15) is 5.75 Å². The number of ether oxygens (including phenoxy) is 1. The van der Waals surface area contributed by atoms with Crippen LogP contribution < -0.4 is 10.1 Å². The summed E-state index contributed by atoms with van der Waals surface area (Å²) in [5.41, 5.74) is 3.50. The van der Waals surface area contributed by atoms with E-state index in [4.69, 9.17) is 4.74 Å². The van der Waals surface area contributed by atoms with Gasteiger partial charge in [0.15, 0.2) is 0 Å². The van der Waals surface area contributed by atoms with Crippen LogP contribution in [-0.2, 0) is 20.1 Å². The molecule has 6 heteroatoms. The summed E-state index contributed by atoms with van der Waals surface area (Å²) < 4.78 is 7.86. The van der Waals surface area contributed by atoms with E-state index in [9.17, 15) is 0 Å². The zero-order valence-electron chi connectivity index (χ0n) is 17.2. The number of hydrogen-bond donors (Lipinski definition) is 1. The van der Waals surface area contributed by atoms with E-state index in [0.717, 1.165) is 49.1 Å². The Labute approximate surface area is 172 Å². The zero-order chi connectivity index (χ0) is 20.1. The first-order valence-corrected chi connectivity index (χ1v) is 10.3. The minimum Gasteiger partial charge on any atom is -0.437 e. The molecule has 0 spiro atoms. The topological polar surface area (TPSA) is 55.2 Å². The van der Waals surface area contributed by atoms with Crippen molar-refractivity contribution < 1.29 is 4.74 Å². The molecule has 6 nitrogen and oxygen atoms in total. The van der Waals surface area contributed by atoms with Gasteiger partial charge in [-0.25, -0.2) is 4.68 Å². The molecule has 4 rings (SSSR count). The second-order valence-electron chi connectivity index (χ2n) is 7.79. The molecule has 1 aliphatic rings. The SMILES string of the molecule is Cc1nn(C)c(Oc2cccnc2)c1CNCC1CCN(Cc2ccccc2)C1. The number of likely N-dealkylation sites (tertiary alicyclic amines) is 1. The van der Waals surface area contributed by atoms with Crippen LogP contribution in [0.4, 0.5) is 0 Å². The predicted octanol–water partition coefficient (Wildman–Crippen LogP) is 3.53. The lowest BCUT2D eigenvalue weighted by molar-refractivity contribution is 0.314. The molecule has 152 valence electrons. The molecular weight excluding hydrogens is 362 g/mol. The molecule has 0 radical (unpaired) electrons. The van der Waals surface area contributed by atoms with Gasteiger partial charge in [0.05, 0.1) is 17.5 Å².